The summed E-state index contributed by atoms with van der Waals surface area (Å²) in [5.41, 5.74) is 1.90. The maximum absolute atomic E-state index is 11.9. The molecule has 0 radical (unpaired) electrons. The molecular weight excluding hydrogens is 344 g/mol. The number of amides is 2. The van der Waals surface area contributed by atoms with E-state index in [0.717, 1.165) is 19.5 Å². The first kappa shape index (κ1) is 20.7. The van der Waals surface area contributed by atoms with E-state index in [1.807, 2.05) is 18.2 Å². The van der Waals surface area contributed by atoms with Crippen molar-refractivity contribution in [2.75, 3.05) is 45.8 Å². The molecule has 27 heavy (non-hydrogen) atoms. The molecule has 7 nitrogen and oxygen atoms in total. The van der Waals surface area contributed by atoms with Gasteiger partial charge in [0.15, 0.2) is 0 Å². The lowest BCUT2D eigenvalue weighted by molar-refractivity contribution is 0.144. The van der Waals surface area contributed by atoms with Crippen LogP contribution in [0.5, 0.6) is 5.88 Å². The normalized spacial score (nSPS) is 10.6. The summed E-state index contributed by atoms with van der Waals surface area (Å²) in [4.78, 5) is 18.3. The Morgan fingerprint density at radius 3 is 2.67 bits per heavy atom. The van der Waals surface area contributed by atoms with E-state index in [2.05, 4.69) is 39.7 Å². The van der Waals surface area contributed by atoms with Gasteiger partial charge in [-0.2, -0.15) is 0 Å². The van der Waals surface area contributed by atoms with Crippen LogP contribution < -0.4 is 15.4 Å². The van der Waals surface area contributed by atoms with Gasteiger partial charge in [-0.1, -0.05) is 30.3 Å². The molecule has 146 valence electrons. The quantitative estimate of drug-likeness (QED) is 0.593. The molecule has 0 saturated carbocycles. The minimum atomic E-state index is -0.240. The van der Waals surface area contributed by atoms with Gasteiger partial charge in [0.25, 0.3) is 0 Å². The number of ether oxygens (including phenoxy) is 2. The summed E-state index contributed by atoms with van der Waals surface area (Å²) in [5.74, 6) is 0.500. The van der Waals surface area contributed by atoms with Gasteiger partial charge >= 0.3 is 6.03 Å². The third-order valence-electron chi connectivity index (χ3n) is 3.83. The Morgan fingerprint density at radius 1 is 1.15 bits per heavy atom. The highest BCUT2D eigenvalue weighted by atomic mass is 16.5. The van der Waals surface area contributed by atoms with Crippen molar-refractivity contribution in [3.63, 3.8) is 0 Å². The van der Waals surface area contributed by atoms with Crippen LogP contribution in [0, 0.1) is 0 Å². The molecule has 2 aromatic rings. The summed E-state index contributed by atoms with van der Waals surface area (Å²) < 4.78 is 10.3. The van der Waals surface area contributed by atoms with Crippen LogP contribution in [0.25, 0.3) is 0 Å². The highest BCUT2D eigenvalue weighted by Gasteiger charge is 2.04. The number of nitrogens with one attached hydrogen (secondary N) is 2. The molecule has 0 atom stereocenters. The number of aromatic nitrogens is 1. The lowest BCUT2D eigenvalue weighted by Crippen LogP contribution is -2.31. The van der Waals surface area contributed by atoms with Crippen LogP contribution in [-0.2, 0) is 11.3 Å². The van der Waals surface area contributed by atoms with E-state index in [0.29, 0.717) is 31.3 Å². The van der Waals surface area contributed by atoms with Gasteiger partial charge in [0, 0.05) is 26.3 Å². The van der Waals surface area contributed by atoms with Crippen molar-refractivity contribution in [2.45, 2.75) is 13.0 Å². The molecule has 0 bridgehead atoms. The first-order chi connectivity index (χ1) is 13.2. The fourth-order valence-corrected chi connectivity index (χ4v) is 2.47. The van der Waals surface area contributed by atoms with E-state index in [4.69, 9.17) is 9.47 Å². The van der Waals surface area contributed by atoms with Gasteiger partial charge in [-0.15, -0.1) is 0 Å². The summed E-state index contributed by atoms with van der Waals surface area (Å²) in [6.07, 6.45) is 2.44. The van der Waals surface area contributed by atoms with E-state index >= 15 is 0 Å². The number of hydrogen-bond donors (Lipinski definition) is 2. The Balaban J connectivity index is 1.60. The second-order valence-electron chi connectivity index (χ2n) is 6.18. The van der Waals surface area contributed by atoms with Gasteiger partial charge in [0.05, 0.1) is 18.5 Å². The number of carbonyl (C=O) groups is 1. The largest absolute Gasteiger partial charge is 0.475 e. The Morgan fingerprint density at radius 2 is 1.96 bits per heavy atom. The number of rotatable bonds is 11. The number of carbonyl (C=O) groups excluding carboxylic acids is 1. The maximum atomic E-state index is 11.9. The average Bonchev–Trinajstić information content (AvgIpc) is 2.68. The summed E-state index contributed by atoms with van der Waals surface area (Å²) in [6.45, 7) is 3.36. The molecule has 0 fully saturated rings. The summed E-state index contributed by atoms with van der Waals surface area (Å²) in [5, 5.41) is 5.61. The zero-order chi connectivity index (χ0) is 19.3. The molecule has 0 aliphatic rings. The van der Waals surface area contributed by atoms with Crippen molar-refractivity contribution >= 4 is 11.7 Å². The van der Waals surface area contributed by atoms with E-state index in [9.17, 15) is 4.79 Å². The molecule has 2 rings (SSSR count). The predicted molar refractivity (Wildman–Crippen MR) is 106 cm³/mol. The van der Waals surface area contributed by atoms with Crippen LogP contribution in [0.15, 0.2) is 48.7 Å². The molecule has 0 saturated heterocycles. The zero-order valence-electron chi connectivity index (χ0n) is 16.0. The third-order valence-corrected chi connectivity index (χ3v) is 3.83. The Labute approximate surface area is 160 Å². The lowest BCUT2D eigenvalue weighted by atomic mass is 10.2. The number of methoxy groups -OCH3 is 1. The zero-order valence-corrected chi connectivity index (χ0v) is 16.0. The fourth-order valence-electron chi connectivity index (χ4n) is 2.47. The van der Waals surface area contributed by atoms with Gasteiger partial charge in [0.1, 0.15) is 6.61 Å². The number of urea groups is 1. The monoisotopic (exact) mass is 372 g/mol. The van der Waals surface area contributed by atoms with Crippen molar-refractivity contribution in [1.29, 1.82) is 0 Å². The molecule has 0 unspecified atom stereocenters. The molecule has 0 aliphatic heterocycles. The number of hydrogen-bond acceptors (Lipinski definition) is 5. The summed E-state index contributed by atoms with van der Waals surface area (Å²) in [7, 11) is 3.69. The molecule has 0 aliphatic carbocycles. The van der Waals surface area contributed by atoms with E-state index in [1.54, 1.807) is 25.4 Å². The van der Waals surface area contributed by atoms with Crippen LogP contribution in [0.3, 0.4) is 0 Å². The van der Waals surface area contributed by atoms with Crippen LogP contribution in [0.4, 0.5) is 10.5 Å². The SMILES string of the molecule is COCCOc1ccc(NC(=O)NCCCN(C)Cc2ccccc2)cn1. The van der Waals surface area contributed by atoms with Crippen molar-refractivity contribution in [3.05, 3.63) is 54.2 Å². The lowest BCUT2D eigenvalue weighted by Gasteiger charge is -2.16. The maximum Gasteiger partial charge on any atom is 0.319 e. The minimum Gasteiger partial charge on any atom is -0.475 e. The Kier molecular flexibility index (Phi) is 9.09. The molecule has 2 amide bonds. The molecule has 2 N–H and O–H groups in total. The number of anilines is 1. The van der Waals surface area contributed by atoms with Gasteiger partial charge in [-0.25, -0.2) is 9.78 Å². The second-order valence-corrected chi connectivity index (χ2v) is 6.18. The Bertz CT molecular complexity index is 665. The molecule has 1 aromatic carbocycles. The molecule has 1 aromatic heterocycles. The standard InChI is InChI=1S/C20H28N4O3/c1-24(16-17-7-4-3-5-8-17)12-6-11-21-20(25)23-18-9-10-19(22-15-18)27-14-13-26-2/h3-5,7-10,15H,6,11-14,16H2,1-2H3,(H2,21,23,25). The molecule has 0 spiro atoms. The average molecular weight is 372 g/mol. The van der Waals surface area contributed by atoms with E-state index in [-0.39, 0.29) is 6.03 Å². The second kappa shape index (κ2) is 11.9. The van der Waals surface area contributed by atoms with E-state index in [1.165, 1.54) is 5.56 Å². The van der Waals surface area contributed by atoms with Gasteiger partial charge in [-0.3, -0.25) is 0 Å². The van der Waals surface area contributed by atoms with Crippen molar-refractivity contribution in [3.8, 4) is 5.88 Å². The van der Waals surface area contributed by atoms with Gasteiger partial charge < -0.3 is 25.0 Å². The highest BCUT2D eigenvalue weighted by molar-refractivity contribution is 5.88. The van der Waals surface area contributed by atoms with Gasteiger partial charge in [-0.05, 0) is 31.6 Å². The van der Waals surface area contributed by atoms with Crippen molar-refractivity contribution in [2.24, 2.45) is 0 Å². The third kappa shape index (κ3) is 8.52. The van der Waals surface area contributed by atoms with Gasteiger partial charge in [0.2, 0.25) is 5.88 Å². The first-order valence-electron chi connectivity index (χ1n) is 9.02. The van der Waals surface area contributed by atoms with E-state index < -0.39 is 0 Å². The predicted octanol–water partition coefficient (Wildman–Crippen LogP) is 2.75. The van der Waals surface area contributed by atoms with Crippen molar-refractivity contribution < 1.29 is 14.3 Å². The first-order valence-corrected chi connectivity index (χ1v) is 9.02. The number of pyridine rings is 1. The topological polar surface area (TPSA) is 75.7 Å². The van der Waals surface area contributed by atoms with Crippen LogP contribution in [0.2, 0.25) is 0 Å². The molecule has 7 heteroatoms. The Hall–Kier alpha value is -2.64. The number of nitrogens with zero attached hydrogens (tertiary/aromatic N) is 2. The van der Waals surface area contributed by atoms with Crippen molar-refractivity contribution in [1.82, 2.24) is 15.2 Å². The van der Waals surface area contributed by atoms with Crippen LogP contribution in [0.1, 0.15) is 12.0 Å². The summed E-state index contributed by atoms with van der Waals surface area (Å²) in [6, 6.07) is 13.6. The van der Waals surface area contributed by atoms with Crippen LogP contribution in [-0.4, -0.2) is 56.4 Å². The molecular formula is C20H28N4O3. The fraction of sp³-hybridized carbons (Fsp3) is 0.400. The minimum absolute atomic E-state index is 0.240. The smallest absolute Gasteiger partial charge is 0.319 e. The summed E-state index contributed by atoms with van der Waals surface area (Å²) >= 11 is 0. The number of benzene rings is 1. The molecule has 1 heterocycles. The van der Waals surface area contributed by atoms with Crippen LogP contribution >= 0.6 is 0 Å². The highest BCUT2D eigenvalue weighted by Crippen LogP contribution is 2.11.